The van der Waals surface area contributed by atoms with Crippen LogP contribution in [0, 0.1) is 6.92 Å². The van der Waals surface area contributed by atoms with Gasteiger partial charge in [-0.25, -0.2) is 0 Å². The van der Waals surface area contributed by atoms with Crippen LogP contribution in [0.5, 0.6) is 0 Å². The Labute approximate surface area is 165 Å². The minimum Gasteiger partial charge on any atom is -0.464 e. The van der Waals surface area contributed by atoms with Crippen LogP contribution in [-0.4, -0.2) is 28.7 Å². The number of rotatable bonds is 6. The second-order valence-electron chi connectivity index (χ2n) is 6.42. The number of furan rings is 1. The molecule has 0 unspecified atom stereocenters. The fraction of sp³-hybridized carbons (Fsp3) is 0.143. The van der Waals surface area contributed by atoms with Crippen LogP contribution in [0.1, 0.15) is 11.1 Å². The molecule has 0 spiro atoms. The van der Waals surface area contributed by atoms with Crippen LogP contribution in [0.4, 0.5) is 6.01 Å². The highest BCUT2D eigenvalue weighted by atomic mass is 16.5. The highest BCUT2D eigenvalue weighted by Crippen LogP contribution is 2.23. The first-order chi connectivity index (χ1) is 14.1. The lowest BCUT2D eigenvalue weighted by atomic mass is 10.1. The van der Waals surface area contributed by atoms with E-state index in [1.807, 2.05) is 55.5 Å². The van der Waals surface area contributed by atoms with Crippen LogP contribution < -0.4 is 5.32 Å². The van der Waals surface area contributed by atoms with E-state index in [0.29, 0.717) is 11.1 Å². The van der Waals surface area contributed by atoms with E-state index in [9.17, 15) is 9.59 Å². The molecule has 0 fully saturated rings. The van der Waals surface area contributed by atoms with Crippen molar-refractivity contribution in [3.8, 4) is 11.5 Å². The lowest BCUT2D eigenvalue weighted by molar-refractivity contribution is -0.146. The Morgan fingerprint density at radius 2 is 1.93 bits per heavy atom. The predicted octanol–water partition coefficient (Wildman–Crippen LogP) is 3.52. The zero-order valence-electron chi connectivity index (χ0n) is 15.5. The Hall–Kier alpha value is -3.94. The highest BCUT2D eigenvalue weighted by molar-refractivity contribution is 5.91. The van der Waals surface area contributed by atoms with Crippen molar-refractivity contribution in [1.29, 1.82) is 0 Å². The van der Waals surface area contributed by atoms with Crippen LogP contribution >= 0.6 is 0 Å². The van der Waals surface area contributed by atoms with Gasteiger partial charge in [0.2, 0.25) is 5.89 Å². The molecule has 1 N–H and O–H groups in total. The molecule has 0 bridgehead atoms. The van der Waals surface area contributed by atoms with Gasteiger partial charge in [-0.15, -0.1) is 5.10 Å². The largest absolute Gasteiger partial charge is 0.464 e. The molecular formula is C21H17N3O5. The number of esters is 1. The molecule has 0 radical (unpaired) electrons. The van der Waals surface area contributed by atoms with E-state index in [0.717, 1.165) is 16.5 Å². The third-order valence-corrected chi connectivity index (χ3v) is 4.20. The number of carbonyl (C=O) groups excluding carboxylic acids is 2. The van der Waals surface area contributed by atoms with Gasteiger partial charge in [-0.1, -0.05) is 35.4 Å². The van der Waals surface area contributed by atoms with E-state index in [4.69, 9.17) is 13.6 Å². The maximum Gasteiger partial charge on any atom is 0.322 e. The molecule has 4 rings (SSSR count). The third kappa shape index (κ3) is 4.32. The van der Waals surface area contributed by atoms with Gasteiger partial charge in [0.25, 0.3) is 5.91 Å². The zero-order valence-corrected chi connectivity index (χ0v) is 15.5. The molecule has 2 aromatic heterocycles. The molecular weight excluding hydrogens is 374 g/mol. The van der Waals surface area contributed by atoms with Crippen molar-refractivity contribution in [2.75, 3.05) is 11.9 Å². The summed E-state index contributed by atoms with van der Waals surface area (Å²) in [5, 5.41) is 10.9. The molecule has 4 aromatic rings. The minimum atomic E-state index is -0.575. The summed E-state index contributed by atoms with van der Waals surface area (Å²) in [6.07, 6.45) is 1.52. The summed E-state index contributed by atoms with van der Waals surface area (Å²) in [5.74, 6) is -0.840. The number of fused-ring (bicyclic) bond motifs is 1. The van der Waals surface area contributed by atoms with E-state index < -0.39 is 18.5 Å². The van der Waals surface area contributed by atoms with Gasteiger partial charge < -0.3 is 13.6 Å². The summed E-state index contributed by atoms with van der Waals surface area (Å²) in [6.45, 7) is 1.50. The van der Waals surface area contributed by atoms with Crippen molar-refractivity contribution in [2.45, 2.75) is 13.3 Å². The van der Waals surface area contributed by atoms with Gasteiger partial charge >= 0.3 is 12.0 Å². The molecule has 8 heteroatoms. The molecule has 0 saturated heterocycles. The lowest BCUT2D eigenvalue weighted by Crippen LogP contribution is -2.21. The van der Waals surface area contributed by atoms with Crippen molar-refractivity contribution >= 4 is 28.9 Å². The molecule has 0 saturated carbocycles. The number of aromatic nitrogens is 2. The van der Waals surface area contributed by atoms with Crippen LogP contribution in [-0.2, 0) is 20.7 Å². The summed E-state index contributed by atoms with van der Waals surface area (Å²) in [4.78, 5) is 24.1. The fourth-order valence-electron chi connectivity index (χ4n) is 2.81. The zero-order chi connectivity index (χ0) is 20.2. The topological polar surface area (TPSA) is 107 Å². The number of ether oxygens (including phenoxy) is 1. The van der Waals surface area contributed by atoms with E-state index in [1.54, 1.807) is 0 Å². The number of benzene rings is 2. The Balaban J connectivity index is 1.30. The summed E-state index contributed by atoms with van der Waals surface area (Å²) < 4.78 is 15.9. The highest BCUT2D eigenvalue weighted by Gasteiger charge is 2.15. The van der Waals surface area contributed by atoms with E-state index in [-0.39, 0.29) is 18.3 Å². The summed E-state index contributed by atoms with van der Waals surface area (Å²) >= 11 is 0. The van der Waals surface area contributed by atoms with Gasteiger partial charge in [-0.2, -0.15) is 0 Å². The number of anilines is 1. The average molecular weight is 391 g/mol. The lowest BCUT2D eigenvalue weighted by Gasteiger charge is -2.03. The van der Waals surface area contributed by atoms with Gasteiger partial charge in [0, 0.05) is 16.5 Å². The van der Waals surface area contributed by atoms with Crippen molar-refractivity contribution in [3.05, 3.63) is 65.9 Å². The molecule has 0 atom stereocenters. The number of nitrogens with zero attached hydrogens (tertiary/aromatic N) is 2. The van der Waals surface area contributed by atoms with Crippen LogP contribution in [0.25, 0.3) is 22.4 Å². The van der Waals surface area contributed by atoms with Gasteiger partial charge in [0.15, 0.2) is 6.61 Å². The number of hydrogen-bond donors (Lipinski definition) is 1. The van der Waals surface area contributed by atoms with Crippen LogP contribution in [0.3, 0.4) is 0 Å². The normalized spacial score (nSPS) is 10.8. The molecule has 2 aromatic carbocycles. The van der Waals surface area contributed by atoms with Gasteiger partial charge in [-0.3, -0.25) is 14.9 Å². The average Bonchev–Trinajstić information content (AvgIpc) is 3.34. The van der Waals surface area contributed by atoms with E-state index in [2.05, 4.69) is 15.5 Å². The Morgan fingerprint density at radius 1 is 1.10 bits per heavy atom. The Morgan fingerprint density at radius 3 is 2.76 bits per heavy atom. The minimum absolute atomic E-state index is 0.00204. The second-order valence-corrected chi connectivity index (χ2v) is 6.42. The molecule has 0 aliphatic carbocycles. The number of aryl methyl sites for hydroxylation is 1. The van der Waals surface area contributed by atoms with Crippen molar-refractivity contribution in [2.24, 2.45) is 0 Å². The monoisotopic (exact) mass is 391 g/mol. The molecule has 0 aliphatic rings. The van der Waals surface area contributed by atoms with Gasteiger partial charge in [0.1, 0.15) is 5.58 Å². The first kappa shape index (κ1) is 18.4. The van der Waals surface area contributed by atoms with Crippen LogP contribution in [0.2, 0.25) is 0 Å². The summed E-state index contributed by atoms with van der Waals surface area (Å²) in [6, 6.07) is 14.8. The van der Waals surface area contributed by atoms with Crippen molar-refractivity contribution < 1.29 is 23.2 Å². The maximum absolute atomic E-state index is 12.1. The van der Waals surface area contributed by atoms with E-state index in [1.165, 1.54) is 6.26 Å². The number of hydrogen-bond acceptors (Lipinski definition) is 7. The predicted molar refractivity (Wildman–Crippen MR) is 104 cm³/mol. The quantitative estimate of drug-likeness (QED) is 0.501. The molecule has 146 valence electrons. The molecule has 2 heterocycles. The maximum atomic E-state index is 12.1. The molecule has 29 heavy (non-hydrogen) atoms. The first-order valence-electron chi connectivity index (χ1n) is 8.89. The fourth-order valence-corrected chi connectivity index (χ4v) is 2.81. The van der Waals surface area contributed by atoms with E-state index >= 15 is 0 Å². The van der Waals surface area contributed by atoms with Crippen molar-refractivity contribution in [3.63, 3.8) is 0 Å². The summed E-state index contributed by atoms with van der Waals surface area (Å²) in [5.41, 5.74) is 3.20. The molecule has 0 aliphatic heterocycles. The number of amides is 1. The first-order valence-corrected chi connectivity index (χ1v) is 8.89. The standard InChI is InChI=1S/C21H17N3O5/c1-13-7-8-16-15(11-27-17(16)9-13)10-19(26)28-12-18(25)22-21-24-23-20(29-21)14-5-3-2-4-6-14/h2-9,11H,10,12H2,1H3,(H,22,24,25). The third-order valence-electron chi connectivity index (χ3n) is 4.20. The molecule has 1 amide bonds. The van der Waals surface area contributed by atoms with Crippen molar-refractivity contribution in [1.82, 2.24) is 10.2 Å². The van der Waals surface area contributed by atoms with Gasteiger partial charge in [-0.05, 0) is 30.7 Å². The number of carbonyl (C=O) groups is 2. The van der Waals surface area contributed by atoms with Crippen LogP contribution in [0.15, 0.2) is 63.6 Å². The number of nitrogens with one attached hydrogen (secondary N) is 1. The summed E-state index contributed by atoms with van der Waals surface area (Å²) in [7, 11) is 0. The smallest absolute Gasteiger partial charge is 0.322 e. The second kappa shape index (κ2) is 7.97. The SMILES string of the molecule is Cc1ccc2c(CC(=O)OCC(=O)Nc3nnc(-c4ccccc4)o3)coc2c1. The Kier molecular flexibility index (Phi) is 5.07. The molecule has 8 nitrogen and oxygen atoms in total. The van der Waals surface area contributed by atoms with Gasteiger partial charge in [0.05, 0.1) is 12.7 Å². The Bertz CT molecular complexity index is 1160.